The molecule has 0 atom stereocenters. The molecule has 0 aromatic carbocycles. The number of aliphatic imine (C=N–C) groups is 1. The number of carbonyl (C=O) groups is 1. The van der Waals surface area contributed by atoms with Crippen molar-refractivity contribution in [2.75, 3.05) is 33.2 Å². The first-order chi connectivity index (χ1) is 12.6. The summed E-state index contributed by atoms with van der Waals surface area (Å²) in [4.78, 5) is 20.6. The maximum atomic E-state index is 12.3. The molecule has 0 bridgehead atoms. The van der Waals surface area contributed by atoms with Crippen LogP contribution in [0.15, 0.2) is 38.4 Å². The number of amides is 1. The van der Waals surface area contributed by atoms with Crippen LogP contribution in [0, 0.1) is 0 Å². The van der Waals surface area contributed by atoms with Crippen molar-refractivity contribution in [2.45, 2.75) is 26.3 Å². The standard InChI is InChI=1S/C18H25N5O3/c1-13(2)15-11-14(26-21-15)12-20-18(19-3)23-8-6-22(7-9-23)17(24)16-5-4-10-25-16/h4-5,10-11,13H,6-9,12H2,1-3H3,(H,19,20). The van der Waals surface area contributed by atoms with E-state index in [1.807, 2.05) is 6.07 Å². The lowest BCUT2D eigenvalue weighted by atomic mass is 10.1. The van der Waals surface area contributed by atoms with Crippen LogP contribution in [0.2, 0.25) is 0 Å². The van der Waals surface area contributed by atoms with Gasteiger partial charge in [0.1, 0.15) is 0 Å². The van der Waals surface area contributed by atoms with E-state index in [2.05, 4.69) is 34.2 Å². The van der Waals surface area contributed by atoms with E-state index < -0.39 is 0 Å². The summed E-state index contributed by atoms with van der Waals surface area (Å²) >= 11 is 0. The van der Waals surface area contributed by atoms with Crippen LogP contribution in [0.5, 0.6) is 0 Å². The Bertz CT molecular complexity index is 743. The average molecular weight is 359 g/mol. The van der Waals surface area contributed by atoms with Crippen molar-refractivity contribution in [2.24, 2.45) is 4.99 Å². The molecule has 0 aliphatic carbocycles. The first-order valence-electron chi connectivity index (χ1n) is 8.82. The van der Waals surface area contributed by atoms with Crippen LogP contribution < -0.4 is 5.32 Å². The lowest BCUT2D eigenvalue weighted by Gasteiger charge is -2.36. The Morgan fingerprint density at radius 1 is 1.31 bits per heavy atom. The predicted molar refractivity (Wildman–Crippen MR) is 97.0 cm³/mol. The third-order valence-electron chi connectivity index (χ3n) is 4.40. The normalized spacial score (nSPS) is 15.6. The van der Waals surface area contributed by atoms with Gasteiger partial charge in [0.2, 0.25) is 0 Å². The molecule has 2 aromatic heterocycles. The SMILES string of the molecule is CN=C(NCc1cc(C(C)C)no1)N1CCN(C(=O)c2ccco2)CC1. The van der Waals surface area contributed by atoms with Crippen molar-refractivity contribution >= 4 is 11.9 Å². The first kappa shape index (κ1) is 18.0. The summed E-state index contributed by atoms with van der Waals surface area (Å²) in [7, 11) is 1.75. The lowest BCUT2D eigenvalue weighted by molar-refractivity contribution is 0.0657. The molecule has 0 unspecified atom stereocenters. The number of furan rings is 1. The molecular weight excluding hydrogens is 334 g/mol. The van der Waals surface area contributed by atoms with Gasteiger partial charge in [-0.25, -0.2) is 0 Å². The van der Waals surface area contributed by atoms with Crippen LogP contribution in [-0.4, -0.2) is 60.0 Å². The van der Waals surface area contributed by atoms with Gasteiger partial charge in [-0.3, -0.25) is 9.79 Å². The summed E-state index contributed by atoms with van der Waals surface area (Å²) in [6, 6.07) is 5.38. The molecule has 8 nitrogen and oxygen atoms in total. The molecule has 8 heteroatoms. The molecule has 140 valence electrons. The Kier molecular flexibility index (Phi) is 5.60. The molecule has 1 aliphatic rings. The molecule has 26 heavy (non-hydrogen) atoms. The molecule has 2 aromatic rings. The molecule has 0 saturated carbocycles. The van der Waals surface area contributed by atoms with Crippen molar-refractivity contribution in [1.29, 1.82) is 0 Å². The number of hydrogen-bond donors (Lipinski definition) is 1. The molecule has 0 radical (unpaired) electrons. The van der Waals surface area contributed by atoms with Crippen molar-refractivity contribution in [3.63, 3.8) is 0 Å². The van der Waals surface area contributed by atoms with Gasteiger partial charge in [-0.05, 0) is 18.1 Å². The second kappa shape index (κ2) is 8.07. The highest BCUT2D eigenvalue weighted by Crippen LogP contribution is 2.14. The van der Waals surface area contributed by atoms with Crippen molar-refractivity contribution in [3.8, 4) is 0 Å². The second-order valence-electron chi connectivity index (χ2n) is 6.53. The van der Waals surface area contributed by atoms with Gasteiger partial charge >= 0.3 is 0 Å². The van der Waals surface area contributed by atoms with E-state index in [-0.39, 0.29) is 5.91 Å². The van der Waals surface area contributed by atoms with Gasteiger partial charge in [0.25, 0.3) is 5.91 Å². The van der Waals surface area contributed by atoms with Crippen LogP contribution >= 0.6 is 0 Å². The number of carbonyl (C=O) groups excluding carboxylic acids is 1. The Morgan fingerprint density at radius 2 is 2.04 bits per heavy atom. The van der Waals surface area contributed by atoms with Crippen LogP contribution in [-0.2, 0) is 6.54 Å². The smallest absolute Gasteiger partial charge is 0.289 e. The molecule has 1 N–H and O–H groups in total. The number of aromatic nitrogens is 1. The van der Waals surface area contributed by atoms with E-state index in [0.29, 0.717) is 44.4 Å². The minimum Gasteiger partial charge on any atom is -0.459 e. The average Bonchev–Trinajstić information content (AvgIpc) is 3.34. The number of piperazine rings is 1. The van der Waals surface area contributed by atoms with Crippen LogP contribution in [0.25, 0.3) is 0 Å². The molecule has 0 spiro atoms. The highest BCUT2D eigenvalue weighted by atomic mass is 16.5. The van der Waals surface area contributed by atoms with E-state index in [4.69, 9.17) is 8.94 Å². The van der Waals surface area contributed by atoms with Gasteiger partial charge in [-0.15, -0.1) is 0 Å². The topological polar surface area (TPSA) is 87.1 Å². The molecule has 1 amide bonds. The number of guanidine groups is 1. The number of hydrogen-bond acceptors (Lipinski definition) is 5. The highest BCUT2D eigenvalue weighted by Gasteiger charge is 2.25. The van der Waals surface area contributed by atoms with E-state index in [9.17, 15) is 4.79 Å². The summed E-state index contributed by atoms with van der Waals surface area (Å²) in [6.07, 6.45) is 1.52. The van der Waals surface area contributed by atoms with E-state index in [0.717, 1.165) is 17.4 Å². The maximum absolute atomic E-state index is 12.3. The minimum atomic E-state index is -0.0690. The zero-order valence-electron chi connectivity index (χ0n) is 15.4. The Balaban J connectivity index is 1.51. The van der Waals surface area contributed by atoms with Crippen LogP contribution in [0.4, 0.5) is 0 Å². The summed E-state index contributed by atoms with van der Waals surface area (Å²) in [6.45, 7) is 7.35. The van der Waals surface area contributed by atoms with Crippen molar-refractivity contribution in [1.82, 2.24) is 20.3 Å². The quantitative estimate of drug-likeness (QED) is 0.663. The Labute approximate surface area is 152 Å². The zero-order chi connectivity index (χ0) is 18.5. The minimum absolute atomic E-state index is 0.0690. The Morgan fingerprint density at radius 3 is 2.62 bits per heavy atom. The van der Waals surface area contributed by atoms with Crippen LogP contribution in [0.1, 0.15) is 41.8 Å². The molecular formula is C18H25N5O3. The first-order valence-corrected chi connectivity index (χ1v) is 8.82. The van der Waals surface area contributed by atoms with Gasteiger partial charge in [0.15, 0.2) is 17.5 Å². The van der Waals surface area contributed by atoms with Gasteiger partial charge in [0.05, 0.1) is 18.5 Å². The maximum Gasteiger partial charge on any atom is 0.289 e. The third-order valence-corrected chi connectivity index (χ3v) is 4.40. The molecule has 1 saturated heterocycles. The zero-order valence-corrected chi connectivity index (χ0v) is 15.4. The molecule has 3 rings (SSSR count). The third kappa shape index (κ3) is 4.07. The van der Waals surface area contributed by atoms with Crippen molar-refractivity contribution in [3.05, 3.63) is 41.7 Å². The predicted octanol–water partition coefficient (Wildman–Crippen LogP) is 1.92. The largest absolute Gasteiger partial charge is 0.459 e. The van der Waals surface area contributed by atoms with Crippen molar-refractivity contribution < 1.29 is 13.7 Å². The van der Waals surface area contributed by atoms with Gasteiger partial charge < -0.3 is 24.1 Å². The van der Waals surface area contributed by atoms with Gasteiger partial charge in [-0.2, -0.15) is 0 Å². The van der Waals surface area contributed by atoms with Gasteiger partial charge in [0, 0.05) is 39.3 Å². The fraction of sp³-hybridized carbons (Fsp3) is 0.500. The second-order valence-corrected chi connectivity index (χ2v) is 6.53. The van der Waals surface area contributed by atoms with E-state index >= 15 is 0 Å². The fourth-order valence-electron chi connectivity index (χ4n) is 2.86. The van der Waals surface area contributed by atoms with Gasteiger partial charge in [-0.1, -0.05) is 19.0 Å². The summed E-state index contributed by atoms with van der Waals surface area (Å²) in [5, 5.41) is 7.36. The summed E-state index contributed by atoms with van der Waals surface area (Å²) in [5.74, 6) is 2.22. The number of nitrogens with zero attached hydrogens (tertiary/aromatic N) is 4. The monoisotopic (exact) mass is 359 g/mol. The van der Waals surface area contributed by atoms with E-state index in [1.54, 1.807) is 24.1 Å². The lowest BCUT2D eigenvalue weighted by Crippen LogP contribution is -2.53. The van der Waals surface area contributed by atoms with Crippen LogP contribution in [0.3, 0.4) is 0 Å². The fourth-order valence-corrected chi connectivity index (χ4v) is 2.86. The Hall–Kier alpha value is -2.77. The van der Waals surface area contributed by atoms with E-state index in [1.165, 1.54) is 6.26 Å². The summed E-state index contributed by atoms with van der Waals surface area (Å²) < 4.78 is 10.5. The molecule has 1 aliphatic heterocycles. The summed E-state index contributed by atoms with van der Waals surface area (Å²) in [5.41, 5.74) is 0.946. The molecule has 3 heterocycles. The molecule has 1 fully saturated rings. The number of rotatable bonds is 4. The number of nitrogens with one attached hydrogen (secondary N) is 1. The highest BCUT2D eigenvalue weighted by molar-refractivity contribution is 5.91.